The second-order valence-corrected chi connectivity index (χ2v) is 5.52. The molecular formula is C17H19N3O. The number of nitrogens with zero attached hydrogens (tertiary/aromatic N) is 1. The molecule has 4 heteroatoms. The lowest BCUT2D eigenvalue weighted by molar-refractivity contribution is -0.117. The first-order valence-corrected chi connectivity index (χ1v) is 7.22. The number of rotatable bonds is 2. The molecule has 0 aliphatic carbocycles. The third kappa shape index (κ3) is 2.89. The van der Waals surface area contributed by atoms with Crippen LogP contribution in [-0.4, -0.2) is 17.4 Å². The number of aryl methyl sites for hydroxylation is 2. The van der Waals surface area contributed by atoms with Crippen LogP contribution in [0.4, 0.5) is 11.5 Å². The monoisotopic (exact) mass is 281 g/mol. The van der Waals surface area contributed by atoms with E-state index in [2.05, 4.69) is 15.6 Å². The van der Waals surface area contributed by atoms with Gasteiger partial charge in [-0.05, 0) is 49.6 Å². The summed E-state index contributed by atoms with van der Waals surface area (Å²) in [5.41, 5.74) is 4.13. The summed E-state index contributed by atoms with van der Waals surface area (Å²) in [6, 6.07) is 11.9. The molecule has 2 heterocycles. The number of para-hydroxylation sites is 1. The van der Waals surface area contributed by atoms with E-state index in [4.69, 9.17) is 0 Å². The zero-order valence-electron chi connectivity index (χ0n) is 12.3. The molecule has 0 fully saturated rings. The van der Waals surface area contributed by atoms with Gasteiger partial charge >= 0.3 is 0 Å². The van der Waals surface area contributed by atoms with Gasteiger partial charge in [0.2, 0.25) is 5.91 Å². The van der Waals surface area contributed by atoms with Gasteiger partial charge in [0.05, 0.1) is 5.92 Å². The molecule has 1 atom stereocenters. The highest BCUT2D eigenvalue weighted by Gasteiger charge is 2.26. The average Bonchev–Trinajstić information content (AvgIpc) is 2.45. The normalized spacial score (nSPS) is 16.8. The van der Waals surface area contributed by atoms with Crippen LogP contribution in [0.5, 0.6) is 0 Å². The Hall–Kier alpha value is -2.36. The standard InChI is InChI=1S/C17H19N3O/c1-11-9-12(2)19-16(10-11)20-17(21)14-7-8-18-15-6-4-3-5-13(14)15/h3-6,9-10,14,18H,7-8H2,1-2H3,(H,19,20,21). The van der Waals surface area contributed by atoms with Crippen molar-refractivity contribution in [3.05, 3.63) is 53.2 Å². The third-order valence-corrected chi connectivity index (χ3v) is 3.75. The number of benzene rings is 1. The number of aromatic nitrogens is 1. The number of carbonyl (C=O) groups excluding carboxylic acids is 1. The van der Waals surface area contributed by atoms with Gasteiger partial charge in [-0.3, -0.25) is 4.79 Å². The lowest BCUT2D eigenvalue weighted by Gasteiger charge is -2.25. The van der Waals surface area contributed by atoms with Crippen molar-refractivity contribution in [1.29, 1.82) is 0 Å². The number of hydrogen-bond acceptors (Lipinski definition) is 3. The van der Waals surface area contributed by atoms with Gasteiger partial charge in [0.1, 0.15) is 5.82 Å². The van der Waals surface area contributed by atoms with Crippen LogP contribution in [0.25, 0.3) is 0 Å². The number of fused-ring (bicyclic) bond motifs is 1. The summed E-state index contributed by atoms with van der Waals surface area (Å²) < 4.78 is 0. The van der Waals surface area contributed by atoms with Crippen molar-refractivity contribution in [1.82, 2.24) is 4.98 Å². The Kier molecular flexibility index (Phi) is 3.60. The molecule has 1 aliphatic heterocycles. The maximum Gasteiger partial charge on any atom is 0.233 e. The Morgan fingerprint density at radius 1 is 1.29 bits per heavy atom. The predicted octanol–water partition coefficient (Wildman–Crippen LogP) is 3.24. The zero-order chi connectivity index (χ0) is 14.8. The third-order valence-electron chi connectivity index (χ3n) is 3.75. The van der Waals surface area contributed by atoms with Crippen molar-refractivity contribution in [3.63, 3.8) is 0 Å². The summed E-state index contributed by atoms with van der Waals surface area (Å²) in [6.45, 7) is 4.75. The first-order valence-electron chi connectivity index (χ1n) is 7.22. The molecule has 4 nitrogen and oxygen atoms in total. The molecule has 0 saturated heterocycles. The second-order valence-electron chi connectivity index (χ2n) is 5.52. The summed E-state index contributed by atoms with van der Waals surface area (Å²) in [5.74, 6) is 0.528. The van der Waals surface area contributed by atoms with E-state index in [0.717, 1.165) is 35.5 Å². The number of anilines is 2. The van der Waals surface area contributed by atoms with Crippen molar-refractivity contribution >= 4 is 17.4 Å². The van der Waals surface area contributed by atoms with Gasteiger partial charge in [0.25, 0.3) is 0 Å². The SMILES string of the molecule is Cc1cc(C)nc(NC(=O)C2CCNc3ccccc32)c1. The van der Waals surface area contributed by atoms with Crippen LogP contribution in [0.2, 0.25) is 0 Å². The summed E-state index contributed by atoms with van der Waals surface area (Å²) in [7, 11) is 0. The highest BCUT2D eigenvalue weighted by atomic mass is 16.1. The molecule has 1 aromatic carbocycles. The smallest absolute Gasteiger partial charge is 0.233 e. The molecule has 1 amide bonds. The van der Waals surface area contributed by atoms with Crippen LogP contribution in [0, 0.1) is 13.8 Å². The largest absolute Gasteiger partial charge is 0.385 e. The van der Waals surface area contributed by atoms with Crippen molar-refractivity contribution in [2.45, 2.75) is 26.2 Å². The molecule has 2 aromatic rings. The topological polar surface area (TPSA) is 54.0 Å². The second kappa shape index (κ2) is 5.56. The van der Waals surface area contributed by atoms with E-state index in [9.17, 15) is 4.79 Å². The van der Waals surface area contributed by atoms with E-state index < -0.39 is 0 Å². The highest BCUT2D eigenvalue weighted by molar-refractivity contribution is 5.96. The van der Waals surface area contributed by atoms with Gasteiger partial charge < -0.3 is 10.6 Å². The minimum Gasteiger partial charge on any atom is -0.385 e. The molecule has 1 aromatic heterocycles. The van der Waals surface area contributed by atoms with E-state index >= 15 is 0 Å². The van der Waals surface area contributed by atoms with Gasteiger partial charge in [-0.25, -0.2) is 4.98 Å². The van der Waals surface area contributed by atoms with Crippen LogP contribution in [-0.2, 0) is 4.79 Å². The number of nitrogens with one attached hydrogen (secondary N) is 2. The Morgan fingerprint density at radius 3 is 2.90 bits per heavy atom. The number of amides is 1. The fraction of sp³-hybridized carbons (Fsp3) is 0.294. The first-order chi connectivity index (χ1) is 10.1. The van der Waals surface area contributed by atoms with Gasteiger partial charge in [0, 0.05) is 17.9 Å². The molecule has 0 spiro atoms. The Morgan fingerprint density at radius 2 is 2.10 bits per heavy atom. The fourth-order valence-electron chi connectivity index (χ4n) is 2.86. The quantitative estimate of drug-likeness (QED) is 0.888. The van der Waals surface area contributed by atoms with Crippen LogP contribution >= 0.6 is 0 Å². The van der Waals surface area contributed by atoms with E-state index in [1.54, 1.807) is 0 Å². The van der Waals surface area contributed by atoms with E-state index in [-0.39, 0.29) is 11.8 Å². The van der Waals surface area contributed by atoms with Crippen LogP contribution in [0.3, 0.4) is 0 Å². The lowest BCUT2D eigenvalue weighted by atomic mass is 9.90. The van der Waals surface area contributed by atoms with Crippen molar-refractivity contribution in [2.24, 2.45) is 0 Å². The maximum absolute atomic E-state index is 12.6. The molecule has 108 valence electrons. The van der Waals surface area contributed by atoms with E-state index in [1.165, 1.54) is 0 Å². The maximum atomic E-state index is 12.6. The minimum absolute atomic E-state index is 0.0152. The van der Waals surface area contributed by atoms with E-state index in [1.807, 2.05) is 50.2 Å². The summed E-state index contributed by atoms with van der Waals surface area (Å²) >= 11 is 0. The highest BCUT2D eigenvalue weighted by Crippen LogP contribution is 2.32. The van der Waals surface area contributed by atoms with Crippen LogP contribution in [0.15, 0.2) is 36.4 Å². The van der Waals surface area contributed by atoms with Gasteiger partial charge in [-0.15, -0.1) is 0 Å². The van der Waals surface area contributed by atoms with E-state index in [0.29, 0.717) is 5.82 Å². The molecule has 1 aliphatic rings. The summed E-state index contributed by atoms with van der Waals surface area (Å²) in [6.07, 6.45) is 0.799. The Labute approximate surface area is 124 Å². The van der Waals surface area contributed by atoms with Gasteiger partial charge in [0.15, 0.2) is 0 Å². The van der Waals surface area contributed by atoms with Crippen molar-refractivity contribution in [2.75, 3.05) is 17.2 Å². The molecule has 2 N–H and O–H groups in total. The Bertz CT molecular complexity index is 661. The number of carbonyl (C=O) groups is 1. The Balaban J connectivity index is 1.83. The minimum atomic E-state index is -0.120. The van der Waals surface area contributed by atoms with Crippen molar-refractivity contribution < 1.29 is 4.79 Å². The van der Waals surface area contributed by atoms with Crippen molar-refractivity contribution in [3.8, 4) is 0 Å². The molecule has 0 saturated carbocycles. The number of pyridine rings is 1. The molecule has 21 heavy (non-hydrogen) atoms. The first kappa shape index (κ1) is 13.6. The van der Waals surface area contributed by atoms with Crippen LogP contribution in [0.1, 0.15) is 29.2 Å². The molecule has 0 radical (unpaired) electrons. The average molecular weight is 281 g/mol. The fourth-order valence-corrected chi connectivity index (χ4v) is 2.86. The molecule has 1 unspecified atom stereocenters. The van der Waals surface area contributed by atoms with Gasteiger partial charge in [-0.1, -0.05) is 18.2 Å². The predicted molar refractivity (Wildman–Crippen MR) is 84.6 cm³/mol. The zero-order valence-corrected chi connectivity index (χ0v) is 12.3. The van der Waals surface area contributed by atoms with Crippen LogP contribution < -0.4 is 10.6 Å². The lowest BCUT2D eigenvalue weighted by Crippen LogP contribution is -2.27. The summed E-state index contributed by atoms with van der Waals surface area (Å²) in [4.78, 5) is 17.0. The number of hydrogen-bond donors (Lipinski definition) is 2. The summed E-state index contributed by atoms with van der Waals surface area (Å²) in [5, 5.41) is 6.29. The van der Waals surface area contributed by atoms with Gasteiger partial charge in [-0.2, -0.15) is 0 Å². The molecular weight excluding hydrogens is 262 g/mol. The molecule has 0 bridgehead atoms. The molecule has 3 rings (SSSR count).